The molecule has 0 aromatic carbocycles. The molecule has 0 saturated carbocycles. The fourth-order valence-corrected chi connectivity index (χ4v) is 6.91. The van der Waals surface area contributed by atoms with Crippen LogP contribution in [-0.4, -0.2) is 40.2 Å². The topological polar surface area (TPSA) is 173 Å². The van der Waals surface area contributed by atoms with Crippen LogP contribution in [0.2, 0.25) is 0 Å². The monoisotopic (exact) mass is 302 g/mol. The van der Waals surface area contributed by atoms with Crippen LogP contribution in [0.15, 0.2) is 0 Å². The van der Waals surface area contributed by atoms with Crippen LogP contribution in [0.4, 0.5) is 0 Å². The van der Waals surface area contributed by atoms with Crippen molar-refractivity contribution in [1.29, 1.82) is 0 Å². The van der Waals surface area contributed by atoms with Crippen LogP contribution in [0.3, 0.4) is 0 Å². The van der Waals surface area contributed by atoms with Gasteiger partial charge in [0, 0.05) is 0 Å². The Morgan fingerprint density at radius 1 is 0.733 bits per heavy atom. The molecule has 0 aromatic heterocycles. The third-order valence-electron chi connectivity index (χ3n) is 1.38. The molecule has 0 amide bonds. The maximum Gasteiger partial charge on any atom is 0.342 e. The van der Waals surface area contributed by atoms with E-state index in [1.165, 1.54) is 9.24 Å². The molecule has 0 fully saturated rings. The maximum absolute atomic E-state index is 10.7. The Morgan fingerprint density at radius 3 is 1.07 bits per heavy atom. The molecule has 0 saturated heterocycles. The Morgan fingerprint density at radius 2 is 1.00 bits per heavy atom. The SMILES string of the molecule is O=P(O)(O)C(P)C(P(=O)(O)O)P(=O)(O)O. The van der Waals surface area contributed by atoms with Crippen LogP contribution < -0.4 is 0 Å². The molecule has 92 valence electrons. The van der Waals surface area contributed by atoms with E-state index in [9.17, 15) is 13.7 Å². The largest absolute Gasteiger partial charge is 0.342 e. The second-order valence-electron chi connectivity index (χ2n) is 2.67. The molecule has 0 aliphatic heterocycles. The van der Waals surface area contributed by atoms with Gasteiger partial charge in [0.1, 0.15) is 5.40 Å². The molecular weight excluding hydrogens is 292 g/mol. The van der Waals surface area contributed by atoms with Crippen molar-refractivity contribution >= 4 is 32.0 Å². The first-order valence-corrected chi connectivity index (χ1v) is 8.90. The summed E-state index contributed by atoms with van der Waals surface area (Å²) in [4.78, 5) is 51.6. The first kappa shape index (κ1) is 15.9. The summed E-state index contributed by atoms with van der Waals surface area (Å²) in [5, 5.41) is -4.94. The highest BCUT2D eigenvalue weighted by molar-refractivity contribution is 7.74. The Balaban J connectivity index is 5.46. The van der Waals surface area contributed by atoms with E-state index in [-0.39, 0.29) is 0 Å². The molecule has 2 unspecified atom stereocenters. The molecule has 2 atom stereocenters. The van der Waals surface area contributed by atoms with Crippen LogP contribution in [-0.2, 0) is 13.7 Å². The van der Waals surface area contributed by atoms with E-state index >= 15 is 0 Å². The van der Waals surface area contributed by atoms with Gasteiger partial charge in [0.25, 0.3) is 0 Å². The fraction of sp³-hybridized carbons (Fsp3) is 1.00. The van der Waals surface area contributed by atoms with Crippen LogP contribution in [0.5, 0.6) is 0 Å². The van der Waals surface area contributed by atoms with E-state index in [0.717, 1.165) is 0 Å². The van der Waals surface area contributed by atoms with Gasteiger partial charge in [-0.15, -0.1) is 9.24 Å². The van der Waals surface area contributed by atoms with E-state index in [4.69, 9.17) is 29.4 Å². The van der Waals surface area contributed by atoms with Gasteiger partial charge in [0.15, 0.2) is 5.40 Å². The molecular formula is C2H10O9P4. The van der Waals surface area contributed by atoms with Gasteiger partial charge in [-0.3, -0.25) is 13.7 Å². The Labute approximate surface area is 86.6 Å². The van der Waals surface area contributed by atoms with Crippen molar-refractivity contribution in [2.45, 2.75) is 10.8 Å². The molecule has 9 nitrogen and oxygen atoms in total. The van der Waals surface area contributed by atoms with E-state index in [1.807, 2.05) is 0 Å². The molecule has 0 spiro atoms. The highest BCUT2D eigenvalue weighted by Gasteiger charge is 2.52. The second-order valence-corrected chi connectivity index (χ2v) is 9.60. The fourth-order valence-electron chi connectivity index (χ4n) is 0.768. The smallest absolute Gasteiger partial charge is 0.324 e. The lowest BCUT2D eigenvalue weighted by molar-refractivity contribution is 0.328. The number of hydrogen-bond donors (Lipinski definition) is 6. The summed E-state index contributed by atoms with van der Waals surface area (Å²) in [6, 6.07) is 0. The van der Waals surface area contributed by atoms with E-state index < -0.39 is 33.6 Å². The molecule has 0 aliphatic rings. The highest BCUT2D eigenvalue weighted by atomic mass is 31.2. The first-order chi connectivity index (χ1) is 6.28. The third-order valence-corrected chi connectivity index (χ3v) is 8.95. The predicted octanol–water partition coefficient (Wildman–Crippen LogP) is -0.953. The summed E-state index contributed by atoms with van der Waals surface area (Å²) in [7, 11) is -14.3. The zero-order valence-corrected chi connectivity index (χ0v) is 10.8. The van der Waals surface area contributed by atoms with Gasteiger partial charge in [-0.2, -0.15) is 0 Å². The van der Waals surface area contributed by atoms with Gasteiger partial charge in [-0.25, -0.2) is 0 Å². The van der Waals surface area contributed by atoms with Crippen molar-refractivity contribution in [3.8, 4) is 0 Å². The molecule has 0 bridgehead atoms. The number of rotatable bonds is 4. The maximum atomic E-state index is 10.7. The van der Waals surface area contributed by atoms with Crippen molar-refractivity contribution in [3.63, 3.8) is 0 Å². The lowest BCUT2D eigenvalue weighted by Crippen LogP contribution is -2.21. The highest BCUT2D eigenvalue weighted by Crippen LogP contribution is 2.68. The van der Waals surface area contributed by atoms with Crippen LogP contribution >= 0.6 is 32.0 Å². The minimum atomic E-state index is -5.33. The average Bonchev–Trinajstić information content (AvgIpc) is 1.76. The quantitative estimate of drug-likeness (QED) is 0.358. The van der Waals surface area contributed by atoms with Gasteiger partial charge in [-0.05, 0) is 0 Å². The van der Waals surface area contributed by atoms with Crippen LogP contribution in [0, 0.1) is 0 Å². The van der Waals surface area contributed by atoms with Gasteiger partial charge in [-0.1, -0.05) is 0 Å². The Kier molecular flexibility index (Phi) is 4.90. The van der Waals surface area contributed by atoms with Crippen LogP contribution in [0.25, 0.3) is 0 Å². The molecule has 0 aliphatic carbocycles. The van der Waals surface area contributed by atoms with Crippen LogP contribution in [0.1, 0.15) is 0 Å². The molecule has 0 aromatic rings. The summed E-state index contributed by atoms with van der Waals surface area (Å²) in [5.41, 5.74) is 0. The molecule has 6 N–H and O–H groups in total. The summed E-state index contributed by atoms with van der Waals surface area (Å²) >= 11 is 0. The zero-order valence-electron chi connectivity index (χ0n) is 6.98. The molecule has 13 heteroatoms. The van der Waals surface area contributed by atoms with Crippen molar-refractivity contribution in [3.05, 3.63) is 0 Å². The molecule has 0 rings (SSSR count). The predicted molar refractivity (Wildman–Crippen MR) is 53.4 cm³/mol. The number of hydrogen-bond acceptors (Lipinski definition) is 3. The minimum Gasteiger partial charge on any atom is -0.324 e. The lowest BCUT2D eigenvalue weighted by Gasteiger charge is -2.25. The normalized spacial score (nSPS) is 16.8. The van der Waals surface area contributed by atoms with E-state index in [1.54, 1.807) is 0 Å². The van der Waals surface area contributed by atoms with Gasteiger partial charge < -0.3 is 29.4 Å². The molecule has 0 heterocycles. The van der Waals surface area contributed by atoms with Crippen molar-refractivity contribution in [1.82, 2.24) is 0 Å². The summed E-state index contributed by atoms with van der Waals surface area (Å²) in [5.74, 6) is 0. The standard InChI is InChI=1S/C2H10O9P4/c3-13(4,5)1(12)2(14(6,7)8)15(9,10)11/h1-2H,12H2,(H2,3,4,5)(H2,6,7,8)(H2,9,10,11). The van der Waals surface area contributed by atoms with E-state index in [0.29, 0.717) is 0 Å². The lowest BCUT2D eigenvalue weighted by atomic mass is 10.9. The summed E-state index contributed by atoms with van der Waals surface area (Å²) in [6.45, 7) is 0. The van der Waals surface area contributed by atoms with Crippen molar-refractivity contribution in [2.75, 3.05) is 0 Å². The van der Waals surface area contributed by atoms with Gasteiger partial charge in [0.05, 0.1) is 0 Å². The first-order valence-electron chi connectivity index (χ1n) is 3.19. The van der Waals surface area contributed by atoms with Crippen molar-refractivity contribution in [2.24, 2.45) is 0 Å². The van der Waals surface area contributed by atoms with Gasteiger partial charge in [0.2, 0.25) is 0 Å². The van der Waals surface area contributed by atoms with Crippen molar-refractivity contribution < 1.29 is 43.1 Å². The molecule has 0 radical (unpaired) electrons. The second kappa shape index (κ2) is 4.63. The summed E-state index contributed by atoms with van der Waals surface area (Å²) < 4.78 is 32.1. The minimum absolute atomic E-state index is 1.35. The van der Waals surface area contributed by atoms with Gasteiger partial charge >= 0.3 is 22.8 Å². The average molecular weight is 302 g/mol. The Bertz CT molecular complexity index is 334. The Hall–Kier alpha value is 0.880. The molecule has 15 heavy (non-hydrogen) atoms. The van der Waals surface area contributed by atoms with E-state index in [2.05, 4.69) is 0 Å². The summed E-state index contributed by atoms with van der Waals surface area (Å²) in [6.07, 6.45) is 0. The zero-order chi connectivity index (χ0) is 12.7. The third kappa shape index (κ3) is 4.72.